The monoisotopic (exact) mass is 264 g/mol. The second-order valence-electron chi connectivity index (χ2n) is 6.38. The number of hydrogen-bond donors (Lipinski definition) is 1. The number of fused-ring (bicyclic) bond motifs is 1. The average molecular weight is 264 g/mol. The Morgan fingerprint density at radius 2 is 2.06 bits per heavy atom. The number of aliphatic hydroxyl groups is 1. The largest absolute Gasteiger partial charge is 0.486 e. The third kappa shape index (κ3) is 2.14. The van der Waals surface area contributed by atoms with E-state index >= 15 is 0 Å². The zero-order valence-electron chi connectivity index (χ0n) is 11.0. The number of para-hydroxylation sites is 1. The van der Waals surface area contributed by atoms with Crippen molar-refractivity contribution in [3.05, 3.63) is 29.8 Å². The van der Waals surface area contributed by atoms with Gasteiger partial charge in [0.2, 0.25) is 0 Å². The van der Waals surface area contributed by atoms with E-state index in [4.69, 9.17) is 4.74 Å². The SMILES string of the molecule is CC1(C)CSCC2(CC(O)c3ccccc3O2)C1. The molecule has 1 N–H and O–H groups in total. The van der Waals surface area contributed by atoms with E-state index in [0.717, 1.165) is 29.9 Å². The minimum absolute atomic E-state index is 0.180. The number of aliphatic hydroxyl groups excluding tert-OH is 1. The maximum atomic E-state index is 10.4. The Hall–Kier alpha value is -0.670. The van der Waals surface area contributed by atoms with Crippen LogP contribution in [-0.4, -0.2) is 22.2 Å². The summed E-state index contributed by atoms with van der Waals surface area (Å²) in [6.45, 7) is 4.58. The van der Waals surface area contributed by atoms with Crippen LogP contribution in [0.2, 0.25) is 0 Å². The summed E-state index contributed by atoms with van der Waals surface area (Å²) in [6.07, 6.45) is 1.36. The molecule has 1 fully saturated rings. The fraction of sp³-hybridized carbons (Fsp3) is 0.600. The summed E-state index contributed by atoms with van der Waals surface area (Å²) in [6, 6.07) is 7.88. The maximum Gasteiger partial charge on any atom is 0.125 e. The van der Waals surface area contributed by atoms with Crippen molar-refractivity contribution in [1.29, 1.82) is 0 Å². The van der Waals surface area contributed by atoms with Crippen LogP contribution in [-0.2, 0) is 0 Å². The predicted molar refractivity (Wildman–Crippen MR) is 75.1 cm³/mol. The molecule has 2 unspecified atom stereocenters. The molecule has 18 heavy (non-hydrogen) atoms. The smallest absolute Gasteiger partial charge is 0.125 e. The quantitative estimate of drug-likeness (QED) is 0.778. The van der Waals surface area contributed by atoms with Gasteiger partial charge in [0.05, 0.1) is 6.10 Å². The van der Waals surface area contributed by atoms with Crippen LogP contribution in [0.15, 0.2) is 24.3 Å². The lowest BCUT2D eigenvalue weighted by atomic mass is 9.77. The molecule has 0 saturated carbocycles. The fourth-order valence-electron chi connectivity index (χ4n) is 3.27. The highest BCUT2D eigenvalue weighted by Gasteiger charge is 2.46. The van der Waals surface area contributed by atoms with E-state index in [1.807, 2.05) is 36.0 Å². The lowest BCUT2D eigenvalue weighted by Gasteiger charge is -2.48. The molecular formula is C15H20O2S. The van der Waals surface area contributed by atoms with Gasteiger partial charge in [-0.3, -0.25) is 0 Å². The summed E-state index contributed by atoms with van der Waals surface area (Å²) in [5, 5.41) is 10.4. The van der Waals surface area contributed by atoms with Crippen LogP contribution in [0.5, 0.6) is 5.75 Å². The minimum Gasteiger partial charge on any atom is -0.486 e. The van der Waals surface area contributed by atoms with Crippen LogP contribution in [0.25, 0.3) is 0 Å². The molecule has 0 amide bonds. The molecule has 0 aromatic heterocycles. The molecule has 2 nitrogen and oxygen atoms in total. The number of hydrogen-bond acceptors (Lipinski definition) is 3. The molecule has 0 radical (unpaired) electrons. The van der Waals surface area contributed by atoms with Gasteiger partial charge in [0.1, 0.15) is 11.4 Å². The third-order valence-electron chi connectivity index (χ3n) is 3.83. The van der Waals surface area contributed by atoms with Gasteiger partial charge in [-0.15, -0.1) is 0 Å². The molecule has 1 spiro atoms. The van der Waals surface area contributed by atoms with Crippen molar-refractivity contribution in [3.8, 4) is 5.75 Å². The van der Waals surface area contributed by atoms with Gasteiger partial charge in [-0.05, 0) is 23.7 Å². The van der Waals surface area contributed by atoms with Crippen molar-refractivity contribution >= 4 is 11.8 Å². The molecule has 2 heterocycles. The Bertz CT molecular complexity index is 458. The number of thioether (sulfide) groups is 1. The average Bonchev–Trinajstić information content (AvgIpc) is 2.27. The Morgan fingerprint density at radius 3 is 2.83 bits per heavy atom. The van der Waals surface area contributed by atoms with Crippen LogP contribution in [0.3, 0.4) is 0 Å². The Balaban J connectivity index is 1.93. The van der Waals surface area contributed by atoms with Crippen molar-refractivity contribution < 1.29 is 9.84 Å². The molecule has 2 aliphatic heterocycles. The molecule has 3 rings (SSSR count). The third-order valence-corrected chi connectivity index (χ3v) is 5.54. The standard InChI is InChI=1S/C15H20O2S/c1-14(2)8-15(10-18-9-14)7-12(16)11-5-3-4-6-13(11)17-15/h3-6,12,16H,7-10H2,1-2H3. The van der Waals surface area contributed by atoms with Gasteiger partial charge >= 0.3 is 0 Å². The lowest BCUT2D eigenvalue weighted by molar-refractivity contribution is -0.0254. The summed E-state index contributed by atoms with van der Waals surface area (Å²) in [5.74, 6) is 3.03. The molecule has 1 aromatic rings. The molecule has 98 valence electrons. The van der Waals surface area contributed by atoms with Crippen LogP contribution in [0.1, 0.15) is 38.4 Å². The highest BCUT2D eigenvalue weighted by molar-refractivity contribution is 7.99. The van der Waals surface area contributed by atoms with E-state index in [-0.39, 0.29) is 17.1 Å². The number of ether oxygens (including phenoxy) is 1. The molecule has 2 aliphatic rings. The summed E-state index contributed by atoms with van der Waals surface area (Å²) in [5.41, 5.74) is 1.05. The highest BCUT2D eigenvalue weighted by atomic mass is 32.2. The molecule has 3 heteroatoms. The van der Waals surface area contributed by atoms with Gasteiger partial charge in [-0.2, -0.15) is 11.8 Å². The molecular weight excluding hydrogens is 244 g/mol. The van der Waals surface area contributed by atoms with E-state index in [1.165, 1.54) is 5.75 Å². The van der Waals surface area contributed by atoms with Crippen molar-refractivity contribution in [3.63, 3.8) is 0 Å². The second-order valence-corrected chi connectivity index (χ2v) is 7.36. The van der Waals surface area contributed by atoms with E-state index in [1.54, 1.807) is 0 Å². The molecule has 0 bridgehead atoms. The Labute approximate surface area is 113 Å². The van der Waals surface area contributed by atoms with E-state index in [9.17, 15) is 5.11 Å². The summed E-state index contributed by atoms with van der Waals surface area (Å²) in [4.78, 5) is 0. The molecule has 0 aliphatic carbocycles. The maximum absolute atomic E-state index is 10.4. The normalized spacial score (nSPS) is 33.8. The van der Waals surface area contributed by atoms with Gasteiger partial charge in [-0.25, -0.2) is 0 Å². The van der Waals surface area contributed by atoms with Crippen molar-refractivity contribution in [2.24, 2.45) is 5.41 Å². The van der Waals surface area contributed by atoms with Crippen molar-refractivity contribution in [1.82, 2.24) is 0 Å². The Kier molecular flexibility index (Phi) is 2.87. The summed E-state index contributed by atoms with van der Waals surface area (Å²) in [7, 11) is 0. The van der Waals surface area contributed by atoms with E-state index in [2.05, 4.69) is 13.8 Å². The molecule has 2 atom stereocenters. The molecule has 1 aromatic carbocycles. The number of rotatable bonds is 0. The minimum atomic E-state index is -0.385. The first-order chi connectivity index (χ1) is 8.50. The summed E-state index contributed by atoms with van der Waals surface area (Å²) < 4.78 is 6.29. The van der Waals surface area contributed by atoms with Crippen molar-refractivity contribution in [2.45, 2.75) is 38.4 Å². The fourth-order valence-corrected chi connectivity index (χ4v) is 4.68. The topological polar surface area (TPSA) is 29.5 Å². The Morgan fingerprint density at radius 1 is 1.28 bits per heavy atom. The lowest BCUT2D eigenvalue weighted by Crippen LogP contribution is -2.50. The first-order valence-corrected chi connectivity index (χ1v) is 7.69. The van der Waals surface area contributed by atoms with E-state index < -0.39 is 0 Å². The zero-order valence-corrected chi connectivity index (χ0v) is 11.8. The van der Waals surface area contributed by atoms with Gasteiger partial charge in [0.25, 0.3) is 0 Å². The first-order valence-electron chi connectivity index (χ1n) is 6.54. The van der Waals surface area contributed by atoms with E-state index in [0.29, 0.717) is 0 Å². The van der Waals surface area contributed by atoms with Crippen molar-refractivity contribution in [2.75, 3.05) is 11.5 Å². The van der Waals surface area contributed by atoms with Gasteiger partial charge in [-0.1, -0.05) is 32.0 Å². The van der Waals surface area contributed by atoms with Gasteiger partial charge in [0.15, 0.2) is 0 Å². The van der Waals surface area contributed by atoms with Gasteiger partial charge in [0, 0.05) is 17.7 Å². The molecule has 1 saturated heterocycles. The highest BCUT2D eigenvalue weighted by Crippen LogP contribution is 2.49. The van der Waals surface area contributed by atoms with Crippen LogP contribution in [0, 0.1) is 5.41 Å². The number of benzene rings is 1. The van der Waals surface area contributed by atoms with Crippen LogP contribution >= 0.6 is 11.8 Å². The van der Waals surface area contributed by atoms with Crippen LogP contribution in [0.4, 0.5) is 0 Å². The first kappa shape index (κ1) is 12.4. The van der Waals surface area contributed by atoms with Gasteiger partial charge < -0.3 is 9.84 Å². The zero-order chi connectivity index (χ0) is 12.8. The predicted octanol–water partition coefficient (Wildman–Crippen LogP) is 3.40. The second kappa shape index (κ2) is 4.17. The van der Waals surface area contributed by atoms with Crippen LogP contribution < -0.4 is 4.74 Å². The summed E-state index contributed by atoms with van der Waals surface area (Å²) >= 11 is 1.95.